The van der Waals surface area contributed by atoms with Gasteiger partial charge in [-0.2, -0.15) is 0 Å². The molecule has 0 N–H and O–H groups in total. The van der Waals surface area contributed by atoms with Gasteiger partial charge in [-0.05, 0) is 23.6 Å². The SMILES string of the molecule is COc1ccc2cc(C=O)sc2c1OC. The first-order valence-corrected chi connectivity index (χ1v) is 5.21. The maximum Gasteiger partial charge on any atom is 0.178 e. The Balaban J connectivity index is 2.74. The second-order valence-electron chi connectivity index (χ2n) is 2.99. The fourth-order valence-electron chi connectivity index (χ4n) is 1.49. The number of methoxy groups -OCH3 is 2. The van der Waals surface area contributed by atoms with Crippen molar-refractivity contribution in [1.29, 1.82) is 0 Å². The fourth-order valence-corrected chi connectivity index (χ4v) is 2.48. The zero-order chi connectivity index (χ0) is 10.8. The minimum Gasteiger partial charge on any atom is -0.493 e. The van der Waals surface area contributed by atoms with Crippen LogP contribution in [0.25, 0.3) is 10.1 Å². The van der Waals surface area contributed by atoms with Gasteiger partial charge in [0, 0.05) is 0 Å². The lowest BCUT2D eigenvalue weighted by atomic mass is 10.2. The highest BCUT2D eigenvalue weighted by Gasteiger charge is 2.11. The summed E-state index contributed by atoms with van der Waals surface area (Å²) in [5, 5.41) is 1.000. The first-order chi connectivity index (χ1) is 7.30. The van der Waals surface area contributed by atoms with Crippen molar-refractivity contribution in [3.05, 3.63) is 23.1 Å². The average molecular weight is 222 g/mol. The van der Waals surface area contributed by atoms with Crippen molar-refractivity contribution < 1.29 is 14.3 Å². The Kier molecular flexibility index (Phi) is 2.60. The topological polar surface area (TPSA) is 35.5 Å². The molecule has 1 aromatic carbocycles. The van der Waals surface area contributed by atoms with Gasteiger partial charge in [0.15, 0.2) is 17.8 Å². The van der Waals surface area contributed by atoms with E-state index in [0.717, 1.165) is 16.4 Å². The summed E-state index contributed by atoms with van der Waals surface area (Å²) in [6, 6.07) is 5.59. The summed E-state index contributed by atoms with van der Waals surface area (Å²) in [6.45, 7) is 0. The lowest BCUT2D eigenvalue weighted by Gasteiger charge is -2.07. The van der Waals surface area contributed by atoms with Crippen LogP contribution in [0.4, 0.5) is 0 Å². The molecule has 0 aliphatic carbocycles. The van der Waals surface area contributed by atoms with E-state index in [4.69, 9.17) is 9.47 Å². The molecule has 2 rings (SSSR count). The van der Waals surface area contributed by atoms with Crippen LogP contribution in [0.15, 0.2) is 18.2 Å². The minimum atomic E-state index is 0.685. The molecular formula is C11H10O3S. The molecule has 0 saturated heterocycles. The molecule has 0 amide bonds. The molecule has 3 nitrogen and oxygen atoms in total. The lowest BCUT2D eigenvalue weighted by Crippen LogP contribution is -1.89. The van der Waals surface area contributed by atoms with E-state index in [9.17, 15) is 4.79 Å². The van der Waals surface area contributed by atoms with Crippen LogP contribution in [0.1, 0.15) is 9.67 Å². The summed E-state index contributed by atoms with van der Waals surface area (Å²) in [5.74, 6) is 1.37. The first kappa shape index (κ1) is 9.98. The standard InChI is InChI=1S/C11H10O3S/c1-13-9-4-3-7-5-8(6-12)15-11(7)10(9)14-2/h3-6H,1-2H3. The molecule has 0 radical (unpaired) electrons. The smallest absolute Gasteiger partial charge is 0.178 e. The van der Waals surface area contributed by atoms with Crippen molar-refractivity contribution in [1.82, 2.24) is 0 Å². The average Bonchev–Trinajstić information content (AvgIpc) is 2.70. The third-order valence-electron chi connectivity index (χ3n) is 2.16. The Morgan fingerprint density at radius 2 is 2.07 bits per heavy atom. The highest BCUT2D eigenvalue weighted by atomic mass is 32.1. The minimum absolute atomic E-state index is 0.685. The van der Waals surface area contributed by atoms with Crippen molar-refractivity contribution >= 4 is 27.7 Å². The van der Waals surface area contributed by atoms with Gasteiger partial charge in [-0.1, -0.05) is 0 Å². The molecule has 78 valence electrons. The van der Waals surface area contributed by atoms with Gasteiger partial charge in [-0.25, -0.2) is 0 Å². The summed E-state index contributed by atoms with van der Waals surface area (Å²) in [5.41, 5.74) is 0. The van der Waals surface area contributed by atoms with Gasteiger partial charge < -0.3 is 9.47 Å². The zero-order valence-corrected chi connectivity index (χ0v) is 9.26. The van der Waals surface area contributed by atoms with Gasteiger partial charge in [0.25, 0.3) is 0 Å². The Bertz CT molecular complexity index is 502. The zero-order valence-electron chi connectivity index (χ0n) is 8.44. The van der Waals surface area contributed by atoms with Crippen LogP contribution in [0.5, 0.6) is 11.5 Å². The largest absolute Gasteiger partial charge is 0.493 e. The molecule has 0 fully saturated rings. The number of aldehydes is 1. The van der Waals surface area contributed by atoms with E-state index in [0.29, 0.717) is 16.4 Å². The van der Waals surface area contributed by atoms with Crippen LogP contribution in [0.3, 0.4) is 0 Å². The molecule has 0 aliphatic heterocycles. The molecule has 0 aliphatic rings. The first-order valence-electron chi connectivity index (χ1n) is 4.40. The second-order valence-corrected chi connectivity index (χ2v) is 4.07. The van der Waals surface area contributed by atoms with Gasteiger partial charge in [0.05, 0.1) is 23.8 Å². The Labute approximate surface area is 91.2 Å². The third kappa shape index (κ3) is 1.57. The van der Waals surface area contributed by atoms with Crippen LogP contribution in [-0.4, -0.2) is 20.5 Å². The van der Waals surface area contributed by atoms with Crippen LogP contribution in [0, 0.1) is 0 Å². The number of hydrogen-bond acceptors (Lipinski definition) is 4. The third-order valence-corrected chi connectivity index (χ3v) is 3.24. The van der Waals surface area contributed by atoms with Gasteiger partial charge >= 0.3 is 0 Å². The van der Waals surface area contributed by atoms with Crippen LogP contribution in [0.2, 0.25) is 0 Å². The summed E-state index contributed by atoms with van der Waals surface area (Å²) in [4.78, 5) is 11.4. The van der Waals surface area contributed by atoms with Crippen LogP contribution >= 0.6 is 11.3 Å². The number of carbonyl (C=O) groups excluding carboxylic acids is 1. The molecule has 0 bridgehead atoms. The second kappa shape index (κ2) is 3.90. The number of benzene rings is 1. The predicted molar refractivity (Wildman–Crippen MR) is 60.3 cm³/mol. The van der Waals surface area contributed by atoms with Crippen molar-refractivity contribution in [2.45, 2.75) is 0 Å². The summed E-state index contributed by atoms with van der Waals surface area (Å²) in [6.07, 6.45) is 0.844. The van der Waals surface area contributed by atoms with Gasteiger partial charge in [-0.15, -0.1) is 11.3 Å². The van der Waals surface area contributed by atoms with Gasteiger partial charge in [0.2, 0.25) is 0 Å². The number of rotatable bonds is 3. The van der Waals surface area contributed by atoms with Crippen molar-refractivity contribution in [3.8, 4) is 11.5 Å². The van der Waals surface area contributed by atoms with Crippen LogP contribution in [-0.2, 0) is 0 Å². The Hall–Kier alpha value is -1.55. The van der Waals surface area contributed by atoms with E-state index in [1.165, 1.54) is 11.3 Å². The van der Waals surface area contributed by atoms with Crippen molar-refractivity contribution in [2.75, 3.05) is 14.2 Å². The summed E-state index contributed by atoms with van der Waals surface area (Å²) < 4.78 is 11.4. The van der Waals surface area contributed by atoms with E-state index in [2.05, 4.69) is 0 Å². The Morgan fingerprint density at radius 1 is 1.27 bits per heavy atom. The molecule has 0 atom stereocenters. The van der Waals surface area contributed by atoms with Crippen molar-refractivity contribution in [2.24, 2.45) is 0 Å². The molecule has 4 heteroatoms. The fraction of sp³-hybridized carbons (Fsp3) is 0.182. The highest BCUT2D eigenvalue weighted by molar-refractivity contribution is 7.20. The van der Waals surface area contributed by atoms with E-state index in [1.807, 2.05) is 18.2 Å². The Morgan fingerprint density at radius 3 is 2.67 bits per heavy atom. The van der Waals surface area contributed by atoms with Gasteiger partial charge in [0.1, 0.15) is 0 Å². The summed E-state index contributed by atoms with van der Waals surface area (Å²) in [7, 11) is 3.19. The van der Waals surface area contributed by atoms with E-state index < -0.39 is 0 Å². The monoisotopic (exact) mass is 222 g/mol. The number of fused-ring (bicyclic) bond motifs is 1. The number of carbonyl (C=O) groups is 1. The lowest BCUT2D eigenvalue weighted by molar-refractivity contribution is 0.112. The molecular weight excluding hydrogens is 212 g/mol. The van der Waals surface area contributed by atoms with Crippen molar-refractivity contribution in [3.63, 3.8) is 0 Å². The number of thiophene rings is 1. The molecule has 1 aromatic heterocycles. The predicted octanol–water partition coefficient (Wildman–Crippen LogP) is 2.73. The quantitative estimate of drug-likeness (QED) is 0.749. The van der Waals surface area contributed by atoms with E-state index in [1.54, 1.807) is 14.2 Å². The number of ether oxygens (including phenoxy) is 2. The molecule has 1 heterocycles. The molecule has 0 unspecified atom stereocenters. The molecule has 2 aromatic rings. The van der Waals surface area contributed by atoms with Crippen LogP contribution < -0.4 is 9.47 Å². The normalized spacial score (nSPS) is 10.3. The molecule has 0 spiro atoms. The number of hydrogen-bond donors (Lipinski definition) is 0. The molecule has 0 saturated carbocycles. The van der Waals surface area contributed by atoms with E-state index >= 15 is 0 Å². The molecule has 15 heavy (non-hydrogen) atoms. The van der Waals surface area contributed by atoms with E-state index in [-0.39, 0.29) is 0 Å². The van der Waals surface area contributed by atoms with Gasteiger partial charge in [-0.3, -0.25) is 4.79 Å². The maximum absolute atomic E-state index is 10.7. The maximum atomic E-state index is 10.7. The summed E-state index contributed by atoms with van der Waals surface area (Å²) >= 11 is 1.40. The highest BCUT2D eigenvalue weighted by Crippen LogP contribution is 2.39.